The van der Waals surface area contributed by atoms with Crippen molar-refractivity contribution in [1.29, 1.82) is 0 Å². The van der Waals surface area contributed by atoms with E-state index < -0.39 is 0 Å². The largest absolute Gasteiger partial charge is 0.0651 e. The van der Waals surface area contributed by atoms with Gasteiger partial charge in [-0.05, 0) is 29.9 Å². The summed E-state index contributed by atoms with van der Waals surface area (Å²) in [6.07, 6.45) is 5.00. The van der Waals surface area contributed by atoms with Gasteiger partial charge >= 0.3 is 0 Å². The fourth-order valence-corrected chi connectivity index (χ4v) is 1.89. The van der Waals surface area contributed by atoms with Crippen molar-refractivity contribution in [1.82, 2.24) is 0 Å². The Morgan fingerprint density at radius 1 is 1.00 bits per heavy atom. The van der Waals surface area contributed by atoms with Gasteiger partial charge in [0.25, 0.3) is 0 Å². The molecule has 1 aromatic carbocycles. The highest BCUT2D eigenvalue weighted by molar-refractivity contribution is 5.23. The molecular weight excluding hydrogens is 168 g/mol. The molecule has 0 unspecified atom stereocenters. The molecule has 1 rings (SSSR count). The van der Waals surface area contributed by atoms with Crippen LogP contribution in [-0.4, -0.2) is 0 Å². The van der Waals surface area contributed by atoms with Crippen LogP contribution in [0.1, 0.15) is 44.7 Å². The van der Waals surface area contributed by atoms with Gasteiger partial charge in [0.15, 0.2) is 0 Å². The molecule has 0 nitrogen and oxygen atoms in total. The zero-order valence-electron chi connectivity index (χ0n) is 9.72. The Morgan fingerprint density at radius 2 is 1.64 bits per heavy atom. The minimum absolute atomic E-state index is 0.863. The van der Waals surface area contributed by atoms with E-state index in [1.165, 1.54) is 30.4 Å². The average molecular weight is 190 g/mol. The fraction of sp³-hybridized carbons (Fsp3) is 0.571. The molecule has 0 radical (unpaired) electrons. The molecule has 0 atom stereocenters. The summed E-state index contributed by atoms with van der Waals surface area (Å²) < 4.78 is 0. The smallest absolute Gasteiger partial charge is 0.0250 e. The molecule has 0 amide bonds. The SMILES string of the molecule is CCc1cccc(CC(CC)CC)c1. The summed E-state index contributed by atoms with van der Waals surface area (Å²) in [7, 11) is 0. The van der Waals surface area contributed by atoms with E-state index in [9.17, 15) is 0 Å². The second kappa shape index (κ2) is 5.85. The standard InChI is InChI=1S/C14H22/c1-4-12(5-2)10-14-9-7-8-13(6-3)11-14/h7-9,11-12H,4-6,10H2,1-3H3. The molecule has 0 saturated heterocycles. The van der Waals surface area contributed by atoms with Crippen molar-refractivity contribution < 1.29 is 0 Å². The van der Waals surface area contributed by atoms with Crippen molar-refractivity contribution >= 4 is 0 Å². The monoisotopic (exact) mass is 190 g/mol. The molecule has 0 N–H and O–H groups in total. The van der Waals surface area contributed by atoms with E-state index in [1.807, 2.05) is 0 Å². The van der Waals surface area contributed by atoms with Crippen molar-refractivity contribution in [3.05, 3.63) is 35.4 Å². The molecular formula is C14H22. The van der Waals surface area contributed by atoms with Crippen molar-refractivity contribution in [2.45, 2.75) is 46.5 Å². The molecule has 14 heavy (non-hydrogen) atoms. The van der Waals surface area contributed by atoms with E-state index in [4.69, 9.17) is 0 Å². The van der Waals surface area contributed by atoms with Gasteiger partial charge in [-0.3, -0.25) is 0 Å². The van der Waals surface area contributed by atoms with Crippen LogP contribution >= 0.6 is 0 Å². The van der Waals surface area contributed by atoms with Crippen molar-refractivity contribution in [3.63, 3.8) is 0 Å². The van der Waals surface area contributed by atoms with Crippen LogP contribution in [0.15, 0.2) is 24.3 Å². The van der Waals surface area contributed by atoms with Gasteiger partial charge in [-0.2, -0.15) is 0 Å². The highest BCUT2D eigenvalue weighted by Crippen LogP contribution is 2.16. The zero-order valence-corrected chi connectivity index (χ0v) is 9.72. The molecule has 0 heteroatoms. The quantitative estimate of drug-likeness (QED) is 0.652. The number of benzene rings is 1. The summed E-state index contributed by atoms with van der Waals surface area (Å²) in [5, 5.41) is 0. The van der Waals surface area contributed by atoms with Gasteiger partial charge in [0, 0.05) is 0 Å². The van der Waals surface area contributed by atoms with Gasteiger partial charge in [0.05, 0.1) is 0 Å². The third-order valence-corrected chi connectivity index (χ3v) is 3.08. The van der Waals surface area contributed by atoms with Crippen LogP contribution in [0, 0.1) is 5.92 Å². The molecule has 0 aliphatic carbocycles. The minimum Gasteiger partial charge on any atom is -0.0651 e. The Balaban J connectivity index is 2.65. The van der Waals surface area contributed by atoms with Gasteiger partial charge in [-0.15, -0.1) is 0 Å². The fourth-order valence-electron chi connectivity index (χ4n) is 1.89. The first kappa shape index (κ1) is 11.3. The van der Waals surface area contributed by atoms with Crippen LogP contribution in [0.3, 0.4) is 0 Å². The topological polar surface area (TPSA) is 0 Å². The first-order chi connectivity index (χ1) is 6.80. The number of aryl methyl sites for hydroxylation is 1. The lowest BCUT2D eigenvalue weighted by molar-refractivity contribution is 0.490. The average Bonchev–Trinajstić information content (AvgIpc) is 2.26. The lowest BCUT2D eigenvalue weighted by Gasteiger charge is -2.12. The Morgan fingerprint density at radius 3 is 2.21 bits per heavy atom. The minimum atomic E-state index is 0.863. The third kappa shape index (κ3) is 3.17. The molecule has 0 aliphatic rings. The maximum Gasteiger partial charge on any atom is -0.0250 e. The molecule has 0 aromatic heterocycles. The van der Waals surface area contributed by atoms with Crippen molar-refractivity contribution in [2.75, 3.05) is 0 Å². The zero-order chi connectivity index (χ0) is 10.4. The first-order valence-corrected chi connectivity index (χ1v) is 5.87. The summed E-state index contributed by atoms with van der Waals surface area (Å²) in [4.78, 5) is 0. The first-order valence-electron chi connectivity index (χ1n) is 5.87. The summed E-state index contributed by atoms with van der Waals surface area (Å²) in [5.41, 5.74) is 2.98. The Hall–Kier alpha value is -0.780. The van der Waals surface area contributed by atoms with Crippen LogP contribution in [0.4, 0.5) is 0 Å². The Kier molecular flexibility index (Phi) is 4.72. The molecule has 0 fully saturated rings. The number of rotatable bonds is 5. The number of hydrogen-bond donors (Lipinski definition) is 0. The second-order valence-electron chi connectivity index (χ2n) is 4.06. The van der Waals surface area contributed by atoms with Gasteiger partial charge in [0.1, 0.15) is 0 Å². The summed E-state index contributed by atoms with van der Waals surface area (Å²) in [5.74, 6) is 0.863. The Labute approximate surface area is 88.4 Å². The number of hydrogen-bond acceptors (Lipinski definition) is 0. The van der Waals surface area contributed by atoms with E-state index in [0.717, 1.165) is 12.3 Å². The molecule has 0 aliphatic heterocycles. The summed E-state index contributed by atoms with van der Waals surface area (Å²) in [6.45, 7) is 6.80. The van der Waals surface area contributed by atoms with Gasteiger partial charge in [-0.25, -0.2) is 0 Å². The molecule has 0 bridgehead atoms. The molecule has 0 heterocycles. The summed E-state index contributed by atoms with van der Waals surface area (Å²) in [6, 6.07) is 9.03. The van der Waals surface area contributed by atoms with E-state index in [0.29, 0.717) is 0 Å². The molecule has 78 valence electrons. The predicted molar refractivity (Wildman–Crippen MR) is 63.6 cm³/mol. The van der Waals surface area contributed by atoms with Crippen LogP contribution < -0.4 is 0 Å². The van der Waals surface area contributed by atoms with Crippen LogP contribution in [0.25, 0.3) is 0 Å². The van der Waals surface area contributed by atoms with Gasteiger partial charge < -0.3 is 0 Å². The lowest BCUT2D eigenvalue weighted by Crippen LogP contribution is -2.01. The van der Waals surface area contributed by atoms with E-state index >= 15 is 0 Å². The second-order valence-corrected chi connectivity index (χ2v) is 4.06. The highest BCUT2D eigenvalue weighted by Gasteiger charge is 2.04. The predicted octanol–water partition coefficient (Wildman–Crippen LogP) is 4.23. The van der Waals surface area contributed by atoms with Crippen molar-refractivity contribution in [2.24, 2.45) is 5.92 Å². The van der Waals surface area contributed by atoms with Crippen LogP contribution in [0.5, 0.6) is 0 Å². The Bertz CT molecular complexity index is 258. The highest BCUT2D eigenvalue weighted by atomic mass is 14.1. The van der Waals surface area contributed by atoms with Gasteiger partial charge in [0.2, 0.25) is 0 Å². The molecule has 0 spiro atoms. The molecule has 0 saturated carbocycles. The normalized spacial score (nSPS) is 10.9. The van der Waals surface area contributed by atoms with E-state index in [2.05, 4.69) is 45.0 Å². The lowest BCUT2D eigenvalue weighted by atomic mass is 9.93. The third-order valence-electron chi connectivity index (χ3n) is 3.08. The maximum absolute atomic E-state index is 2.36. The van der Waals surface area contributed by atoms with Crippen LogP contribution in [0.2, 0.25) is 0 Å². The molecule has 1 aromatic rings. The summed E-state index contributed by atoms with van der Waals surface area (Å²) >= 11 is 0. The maximum atomic E-state index is 2.36. The van der Waals surface area contributed by atoms with Crippen molar-refractivity contribution in [3.8, 4) is 0 Å². The van der Waals surface area contributed by atoms with E-state index in [-0.39, 0.29) is 0 Å². The van der Waals surface area contributed by atoms with Gasteiger partial charge in [-0.1, -0.05) is 57.9 Å². The van der Waals surface area contributed by atoms with Crippen LogP contribution in [-0.2, 0) is 12.8 Å². The van der Waals surface area contributed by atoms with E-state index in [1.54, 1.807) is 0 Å².